The molecule has 1 aliphatic rings. The Morgan fingerprint density at radius 1 is 1.30 bits per heavy atom. The lowest BCUT2D eigenvalue weighted by Gasteiger charge is -2.35. The molecule has 0 bridgehead atoms. The first-order valence-corrected chi connectivity index (χ1v) is 7.91. The Morgan fingerprint density at radius 2 is 2.00 bits per heavy atom. The van der Waals surface area contributed by atoms with Crippen molar-refractivity contribution in [1.29, 1.82) is 0 Å². The van der Waals surface area contributed by atoms with E-state index in [2.05, 4.69) is 16.0 Å². The Morgan fingerprint density at radius 3 is 2.61 bits per heavy atom. The first-order valence-electron chi connectivity index (χ1n) is 7.91. The molecule has 1 unspecified atom stereocenters. The molecule has 1 aromatic carbocycles. The minimum absolute atomic E-state index is 0.0843. The van der Waals surface area contributed by atoms with Gasteiger partial charge in [-0.1, -0.05) is 12.1 Å². The van der Waals surface area contributed by atoms with E-state index in [9.17, 15) is 9.59 Å². The van der Waals surface area contributed by atoms with Crippen LogP contribution in [0.15, 0.2) is 24.3 Å². The number of nitrogens with one attached hydrogen (secondary N) is 3. The summed E-state index contributed by atoms with van der Waals surface area (Å²) in [5.41, 5.74) is 0.901. The van der Waals surface area contributed by atoms with Gasteiger partial charge in [0.2, 0.25) is 5.91 Å². The monoisotopic (exact) mass is 319 g/mol. The van der Waals surface area contributed by atoms with Gasteiger partial charge in [0, 0.05) is 19.7 Å². The van der Waals surface area contributed by atoms with Crippen molar-refractivity contribution in [2.24, 2.45) is 0 Å². The number of methoxy groups -OCH3 is 1. The molecule has 1 aromatic rings. The van der Waals surface area contributed by atoms with Crippen molar-refractivity contribution >= 4 is 17.5 Å². The molecule has 1 aliphatic heterocycles. The number of anilines is 1. The number of amides is 2. The van der Waals surface area contributed by atoms with Crippen molar-refractivity contribution in [1.82, 2.24) is 10.6 Å². The second-order valence-electron chi connectivity index (χ2n) is 5.95. The summed E-state index contributed by atoms with van der Waals surface area (Å²) >= 11 is 0. The normalized spacial score (nSPS) is 18.0. The zero-order chi connectivity index (χ0) is 16.9. The molecule has 1 atom stereocenters. The zero-order valence-electron chi connectivity index (χ0n) is 13.9. The largest absolute Gasteiger partial charge is 0.368 e. The third-order valence-electron chi connectivity index (χ3n) is 4.27. The summed E-state index contributed by atoms with van der Waals surface area (Å²) in [6, 6.07) is 7.31. The molecule has 2 rings (SSSR count). The van der Waals surface area contributed by atoms with Crippen LogP contribution < -0.4 is 16.0 Å². The highest BCUT2D eigenvalue weighted by molar-refractivity contribution is 5.89. The average Bonchev–Trinajstić information content (AvgIpc) is 2.55. The Hall–Kier alpha value is -1.92. The van der Waals surface area contributed by atoms with E-state index in [0.29, 0.717) is 12.8 Å². The van der Waals surface area contributed by atoms with Crippen molar-refractivity contribution < 1.29 is 14.3 Å². The van der Waals surface area contributed by atoms with Crippen LogP contribution in [0.4, 0.5) is 5.69 Å². The Kier molecular flexibility index (Phi) is 5.74. The number of rotatable bonds is 5. The second kappa shape index (κ2) is 7.57. The molecule has 6 nitrogen and oxygen atoms in total. The summed E-state index contributed by atoms with van der Waals surface area (Å²) < 4.78 is 5.54. The molecular weight excluding hydrogens is 294 g/mol. The van der Waals surface area contributed by atoms with E-state index in [-0.39, 0.29) is 17.9 Å². The third-order valence-corrected chi connectivity index (χ3v) is 4.27. The minimum atomic E-state index is -0.755. The van der Waals surface area contributed by atoms with E-state index < -0.39 is 5.60 Å². The Labute approximate surface area is 137 Å². The first-order chi connectivity index (χ1) is 11.0. The number of hydrogen-bond donors (Lipinski definition) is 3. The topological polar surface area (TPSA) is 79.5 Å². The van der Waals surface area contributed by atoms with Crippen LogP contribution in [0.25, 0.3) is 0 Å². The number of ether oxygens (including phenoxy) is 1. The van der Waals surface area contributed by atoms with Crippen molar-refractivity contribution in [3.05, 3.63) is 29.8 Å². The Bertz CT molecular complexity index is 568. The van der Waals surface area contributed by atoms with Crippen LogP contribution in [-0.2, 0) is 14.3 Å². The number of benzene rings is 1. The van der Waals surface area contributed by atoms with Crippen LogP contribution in [0.5, 0.6) is 0 Å². The minimum Gasteiger partial charge on any atom is -0.368 e. The molecule has 126 valence electrons. The van der Waals surface area contributed by atoms with E-state index in [0.717, 1.165) is 24.3 Å². The van der Waals surface area contributed by atoms with Gasteiger partial charge in [-0.2, -0.15) is 0 Å². The smallest absolute Gasteiger partial charge is 0.252 e. The first kappa shape index (κ1) is 17.4. The predicted octanol–water partition coefficient (Wildman–Crippen LogP) is 1.59. The van der Waals surface area contributed by atoms with Gasteiger partial charge in [-0.15, -0.1) is 0 Å². The summed E-state index contributed by atoms with van der Waals surface area (Å²) in [6.07, 6.45) is 1.32. The van der Waals surface area contributed by atoms with Crippen LogP contribution in [0.2, 0.25) is 0 Å². The average molecular weight is 319 g/mol. The summed E-state index contributed by atoms with van der Waals surface area (Å²) in [5.74, 6) is -0.203. The van der Waals surface area contributed by atoms with Crippen LogP contribution in [-0.4, -0.2) is 37.6 Å². The summed E-state index contributed by atoms with van der Waals surface area (Å²) in [6.45, 7) is 4.94. The van der Waals surface area contributed by atoms with Crippen molar-refractivity contribution in [2.75, 3.05) is 25.5 Å². The zero-order valence-corrected chi connectivity index (χ0v) is 13.9. The van der Waals surface area contributed by atoms with E-state index in [4.69, 9.17) is 4.74 Å². The molecule has 0 spiro atoms. The molecular formula is C17H25N3O3. The van der Waals surface area contributed by atoms with E-state index in [1.54, 1.807) is 7.11 Å². The maximum absolute atomic E-state index is 12.7. The van der Waals surface area contributed by atoms with E-state index in [1.807, 2.05) is 31.2 Å². The van der Waals surface area contributed by atoms with Gasteiger partial charge in [-0.3, -0.25) is 9.59 Å². The summed E-state index contributed by atoms with van der Waals surface area (Å²) in [7, 11) is 1.59. The van der Waals surface area contributed by atoms with Crippen LogP contribution in [0, 0.1) is 0 Å². The number of piperidine rings is 1. The van der Waals surface area contributed by atoms with Crippen molar-refractivity contribution in [2.45, 2.75) is 38.3 Å². The molecule has 0 radical (unpaired) electrons. The standard InChI is InChI=1S/C17H25N3O3/c1-12(14-5-4-6-15(11-14)20-13(2)21)19-16(22)17(23-3)7-9-18-10-8-17/h4-6,11-12,18H,7-10H2,1-3H3,(H,19,22)(H,20,21). The van der Waals surface area contributed by atoms with Gasteiger partial charge in [-0.25, -0.2) is 0 Å². The number of carbonyl (C=O) groups is 2. The molecule has 0 aromatic heterocycles. The quantitative estimate of drug-likeness (QED) is 0.770. The summed E-state index contributed by atoms with van der Waals surface area (Å²) in [5, 5.41) is 9.02. The molecule has 0 aliphatic carbocycles. The molecule has 3 N–H and O–H groups in total. The molecule has 2 amide bonds. The molecule has 0 saturated carbocycles. The second-order valence-corrected chi connectivity index (χ2v) is 5.95. The lowest BCUT2D eigenvalue weighted by Crippen LogP contribution is -2.54. The van der Waals surface area contributed by atoms with Crippen LogP contribution in [0.1, 0.15) is 38.3 Å². The molecule has 1 saturated heterocycles. The highest BCUT2D eigenvalue weighted by Gasteiger charge is 2.40. The fourth-order valence-corrected chi connectivity index (χ4v) is 2.86. The van der Waals surface area contributed by atoms with Gasteiger partial charge < -0.3 is 20.7 Å². The predicted molar refractivity (Wildman–Crippen MR) is 89.1 cm³/mol. The fourth-order valence-electron chi connectivity index (χ4n) is 2.86. The van der Waals surface area contributed by atoms with E-state index in [1.165, 1.54) is 6.92 Å². The third kappa shape index (κ3) is 4.30. The molecule has 1 fully saturated rings. The van der Waals surface area contributed by atoms with Gasteiger partial charge in [0.1, 0.15) is 5.60 Å². The highest BCUT2D eigenvalue weighted by atomic mass is 16.5. The Balaban J connectivity index is 2.07. The van der Waals surface area contributed by atoms with Gasteiger partial charge in [0.05, 0.1) is 6.04 Å². The SMILES string of the molecule is COC1(C(=O)NC(C)c2cccc(NC(C)=O)c2)CCNCC1. The summed E-state index contributed by atoms with van der Waals surface area (Å²) in [4.78, 5) is 23.8. The molecule has 23 heavy (non-hydrogen) atoms. The van der Waals surface area contributed by atoms with Gasteiger partial charge in [0.15, 0.2) is 0 Å². The fraction of sp³-hybridized carbons (Fsp3) is 0.529. The number of hydrogen-bond acceptors (Lipinski definition) is 4. The maximum atomic E-state index is 12.7. The molecule has 1 heterocycles. The molecule has 6 heteroatoms. The lowest BCUT2D eigenvalue weighted by atomic mass is 9.90. The van der Waals surface area contributed by atoms with Crippen molar-refractivity contribution in [3.63, 3.8) is 0 Å². The number of carbonyl (C=O) groups excluding carboxylic acids is 2. The van der Waals surface area contributed by atoms with Crippen LogP contribution >= 0.6 is 0 Å². The lowest BCUT2D eigenvalue weighted by molar-refractivity contribution is -0.147. The van der Waals surface area contributed by atoms with Gasteiger partial charge in [0.25, 0.3) is 5.91 Å². The van der Waals surface area contributed by atoms with Crippen LogP contribution in [0.3, 0.4) is 0 Å². The van der Waals surface area contributed by atoms with Crippen molar-refractivity contribution in [3.8, 4) is 0 Å². The highest BCUT2D eigenvalue weighted by Crippen LogP contribution is 2.25. The van der Waals surface area contributed by atoms with Gasteiger partial charge in [-0.05, 0) is 50.6 Å². The van der Waals surface area contributed by atoms with Gasteiger partial charge >= 0.3 is 0 Å². The maximum Gasteiger partial charge on any atom is 0.252 e. The van der Waals surface area contributed by atoms with E-state index >= 15 is 0 Å².